The van der Waals surface area contributed by atoms with E-state index in [2.05, 4.69) is 4.74 Å². The molecule has 0 spiro atoms. The zero-order valence-electron chi connectivity index (χ0n) is 10.6. The molecule has 0 unspecified atom stereocenters. The van der Waals surface area contributed by atoms with Crippen LogP contribution in [0.25, 0.3) is 0 Å². The van der Waals surface area contributed by atoms with Crippen LogP contribution in [0.4, 0.5) is 0 Å². The minimum Gasteiger partial charge on any atom is -0.469 e. The normalized spacial score (nSPS) is 10.1. The topological polar surface area (TPSA) is 43.4 Å². The van der Waals surface area contributed by atoms with E-state index in [9.17, 15) is 9.59 Å². The molecule has 0 amide bonds. The zero-order valence-corrected chi connectivity index (χ0v) is 10.6. The van der Waals surface area contributed by atoms with Gasteiger partial charge in [-0.15, -0.1) is 0 Å². The Balaban J connectivity index is 2.56. The summed E-state index contributed by atoms with van der Waals surface area (Å²) in [6.45, 7) is 4.04. The zero-order chi connectivity index (χ0) is 12.8. The summed E-state index contributed by atoms with van der Waals surface area (Å²) in [5.74, 6) is -0.261. The van der Waals surface area contributed by atoms with E-state index in [4.69, 9.17) is 0 Å². The molecular weight excluding hydrogens is 216 g/mol. The molecule has 1 aromatic carbocycles. The summed E-state index contributed by atoms with van der Waals surface area (Å²) in [5, 5.41) is 0. The van der Waals surface area contributed by atoms with E-state index in [-0.39, 0.29) is 24.6 Å². The average molecular weight is 234 g/mol. The SMILES string of the molecule is COC(=O)CCC(=O)Cc1cccc(C)c1C. The third-order valence-electron chi connectivity index (χ3n) is 2.94. The van der Waals surface area contributed by atoms with Crippen molar-refractivity contribution in [2.24, 2.45) is 0 Å². The summed E-state index contributed by atoms with van der Waals surface area (Å²) in [5.41, 5.74) is 3.38. The number of hydrogen-bond donors (Lipinski definition) is 0. The minimum atomic E-state index is -0.334. The fourth-order valence-corrected chi connectivity index (χ4v) is 1.65. The fraction of sp³-hybridized carbons (Fsp3) is 0.429. The number of ether oxygens (including phenoxy) is 1. The molecule has 17 heavy (non-hydrogen) atoms. The molecule has 3 heteroatoms. The summed E-state index contributed by atoms with van der Waals surface area (Å²) in [6, 6.07) is 5.93. The standard InChI is InChI=1S/C14H18O3/c1-10-5-4-6-12(11(10)2)9-13(15)7-8-14(16)17-3/h4-6H,7-9H2,1-3H3. The van der Waals surface area contributed by atoms with Gasteiger partial charge in [0.15, 0.2) is 0 Å². The number of carbonyl (C=O) groups excluding carboxylic acids is 2. The van der Waals surface area contributed by atoms with Crippen LogP contribution in [0, 0.1) is 13.8 Å². The number of esters is 1. The van der Waals surface area contributed by atoms with Gasteiger partial charge in [-0.1, -0.05) is 18.2 Å². The number of rotatable bonds is 5. The van der Waals surface area contributed by atoms with Gasteiger partial charge < -0.3 is 4.74 Å². The average Bonchev–Trinajstić information content (AvgIpc) is 2.32. The van der Waals surface area contributed by atoms with Gasteiger partial charge in [-0.05, 0) is 30.5 Å². The van der Waals surface area contributed by atoms with Crippen molar-refractivity contribution in [2.45, 2.75) is 33.1 Å². The van der Waals surface area contributed by atoms with E-state index < -0.39 is 0 Å². The molecule has 92 valence electrons. The molecule has 0 N–H and O–H groups in total. The van der Waals surface area contributed by atoms with Gasteiger partial charge in [0.05, 0.1) is 13.5 Å². The lowest BCUT2D eigenvalue weighted by molar-refractivity contribution is -0.141. The molecule has 0 aliphatic rings. The Hall–Kier alpha value is -1.64. The second-order valence-electron chi connectivity index (χ2n) is 4.15. The van der Waals surface area contributed by atoms with E-state index >= 15 is 0 Å². The Morgan fingerprint density at radius 1 is 1.18 bits per heavy atom. The Morgan fingerprint density at radius 2 is 1.88 bits per heavy atom. The van der Waals surface area contributed by atoms with Crippen LogP contribution in [0.2, 0.25) is 0 Å². The molecule has 1 aromatic rings. The molecule has 0 saturated carbocycles. The Bertz CT molecular complexity index is 421. The highest BCUT2D eigenvalue weighted by molar-refractivity contribution is 5.84. The van der Waals surface area contributed by atoms with Gasteiger partial charge in [0.25, 0.3) is 0 Å². The molecule has 0 heterocycles. The maximum absolute atomic E-state index is 11.7. The maximum atomic E-state index is 11.7. The summed E-state index contributed by atoms with van der Waals surface area (Å²) >= 11 is 0. The van der Waals surface area contributed by atoms with Gasteiger partial charge in [-0.2, -0.15) is 0 Å². The van der Waals surface area contributed by atoms with Crippen molar-refractivity contribution < 1.29 is 14.3 Å². The van der Waals surface area contributed by atoms with Gasteiger partial charge in [-0.3, -0.25) is 9.59 Å². The van der Waals surface area contributed by atoms with Crippen molar-refractivity contribution in [2.75, 3.05) is 7.11 Å². The van der Waals surface area contributed by atoms with E-state index in [0.29, 0.717) is 6.42 Å². The van der Waals surface area contributed by atoms with E-state index in [1.54, 1.807) is 0 Å². The second kappa shape index (κ2) is 6.18. The van der Waals surface area contributed by atoms with Gasteiger partial charge in [0.2, 0.25) is 0 Å². The van der Waals surface area contributed by atoms with Crippen LogP contribution >= 0.6 is 0 Å². The number of carbonyl (C=O) groups is 2. The third kappa shape index (κ3) is 4.02. The highest BCUT2D eigenvalue weighted by Crippen LogP contribution is 2.14. The van der Waals surface area contributed by atoms with Gasteiger partial charge in [-0.25, -0.2) is 0 Å². The first-order valence-electron chi connectivity index (χ1n) is 5.68. The van der Waals surface area contributed by atoms with Crippen molar-refractivity contribution in [3.63, 3.8) is 0 Å². The molecule has 0 fully saturated rings. The predicted molar refractivity (Wildman–Crippen MR) is 65.9 cm³/mol. The maximum Gasteiger partial charge on any atom is 0.305 e. The molecule has 0 aromatic heterocycles. The molecular formula is C14H18O3. The van der Waals surface area contributed by atoms with Crippen LogP contribution in [0.15, 0.2) is 18.2 Å². The monoisotopic (exact) mass is 234 g/mol. The van der Waals surface area contributed by atoms with E-state index in [1.165, 1.54) is 12.7 Å². The van der Waals surface area contributed by atoms with Gasteiger partial charge in [0.1, 0.15) is 5.78 Å². The van der Waals surface area contributed by atoms with Crippen molar-refractivity contribution in [1.29, 1.82) is 0 Å². The summed E-state index contributed by atoms with van der Waals surface area (Å²) < 4.78 is 4.50. The van der Waals surface area contributed by atoms with Crippen LogP contribution in [-0.4, -0.2) is 18.9 Å². The molecule has 0 bridgehead atoms. The summed E-state index contributed by atoms with van der Waals surface area (Å²) in [6.07, 6.45) is 0.810. The van der Waals surface area contributed by atoms with Crippen molar-refractivity contribution in [3.8, 4) is 0 Å². The molecule has 0 saturated heterocycles. The predicted octanol–water partition coefficient (Wildman–Crippen LogP) is 2.37. The van der Waals surface area contributed by atoms with Crippen molar-refractivity contribution in [1.82, 2.24) is 0 Å². The van der Waals surface area contributed by atoms with Gasteiger partial charge >= 0.3 is 5.97 Å². The third-order valence-corrected chi connectivity index (χ3v) is 2.94. The fourth-order valence-electron chi connectivity index (χ4n) is 1.65. The van der Waals surface area contributed by atoms with Crippen LogP contribution in [-0.2, 0) is 20.7 Å². The number of hydrogen-bond acceptors (Lipinski definition) is 3. The largest absolute Gasteiger partial charge is 0.469 e. The van der Waals surface area contributed by atoms with Crippen LogP contribution in [0.5, 0.6) is 0 Å². The summed E-state index contributed by atoms with van der Waals surface area (Å²) in [4.78, 5) is 22.6. The Kier molecular flexibility index (Phi) is 4.88. The van der Waals surface area contributed by atoms with Crippen molar-refractivity contribution >= 4 is 11.8 Å². The quantitative estimate of drug-likeness (QED) is 0.735. The van der Waals surface area contributed by atoms with Gasteiger partial charge in [0, 0.05) is 12.8 Å². The first kappa shape index (κ1) is 13.4. The first-order valence-corrected chi connectivity index (χ1v) is 5.68. The highest BCUT2D eigenvalue weighted by Gasteiger charge is 2.09. The molecule has 0 aliphatic heterocycles. The second-order valence-corrected chi connectivity index (χ2v) is 4.15. The van der Waals surface area contributed by atoms with Crippen LogP contribution in [0.3, 0.4) is 0 Å². The first-order chi connectivity index (χ1) is 8.04. The molecule has 0 atom stereocenters. The number of methoxy groups -OCH3 is 1. The van der Waals surface area contributed by atoms with Crippen molar-refractivity contribution in [3.05, 3.63) is 34.9 Å². The Labute approximate surface area is 102 Å². The number of Topliss-reactive ketones (excluding diaryl/α,β-unsaturated/α-hetero) is 1. The lowest BCUT2D eigenvalue weighted by atomic mass is 9.98. The molecule has 0 aliphatic carbocycles. The number of benzene rings is 1. The Morgan fingerprint density at radius 3 is 2.53 bits per heavy atom. The summed E-state index contributed by atoms with van der Waals surface area (Å²) in [7, 11) is 1.33. The van der Waals surface area contributed by atoms with Crippen LogP contribution in [0.1, 0.15) is 29.5 Å². The molecule has 1 rings (SSSR count). The minimum absolute atomic E-state index is 0.0732. The lowest BCUT2D eigenvalue weighted by Crippen LogP contribution is -2.08. The molecule has 3 nitrogen and oxygen atoms in total. The number of ketones is 1. The van der Waals surface area contributed by atoms with Crippen LogP contribution < -0.4 is 0 Å². The lowest BCUT2D eigenvalue weighted by Gasteiger charge is -2.07. The number of aryl methyl sites for hydroxylation is 1. The van der Waals surface area contributed by atoms with E-state index in [1.807, 2.05) is 32.0 Å². The smallest absolute Gasteiger partial charge is 0.305 e. The highest BCUT2D eigenvalue weighted by atomic mass is 16.5. The van der Waals surface area contributed by atoms with E-state index in [0.717, 1.165) is 11.1 Å². The molecule has 0 radical (unpaired) electrons.